The topological polar surface area (TPSA) is 21.7 Å². The highest BCUT2D eigenvalue weighted by molar-refractivity contribution is 7.48. The van der Waals surface area contributed by atoms with Gasteiger partial charge >= 0.3 is 0 Å². The summed E-state index contributed by atoms with van der Waals surface area (Å²) in [5, 5.41) is 1.50. The second kappa shape index (κ2) is 13.4. The predicted molar refractivity (Wildman–Crippen MR) is 159 cm³/mol. The fourth-order valence-corrected chi connectivity index (χ4v) is 7.49. The zero-order valence-corrected chi connectivity index (χ0v) is 24.2. The van der Waals surface area contributed by atoms with Crippen molar-refractivity contribution in [3.8, 4) is 11.5 Å². The molecule has 3 nitrogen and oxygen atoms in total. The lowest BCUT2D eigenvalue weighted by atomic mass is 9.89. The van der Waals surface area contributed by atoms with Crippen LogP contribution in [0.5, 0.6) is 11.5 Å². The summed E-state index contributed by atoms with van der Waals surface area (Å²) in [5.74, 6) is 1.88. The van der Waals surface area contributed by atoms with E-state index in [-0.39, 0.29) is 5.16 Å². The summed E-state index contributed by atoms with van der Waals surface area (Å²) in [6, 6.07) is 24.0. The Morgan fingerprint density at radius 2 is 1.70 bits per heavy atom. The molecule has 198 valence electrons. The van der Waals surface area contributed by atoms with Gasteiger partial charge in [-0.25, -0.2) is 0 Å². The van der Waals surface area contributed by atoms with Crippen molar-refractivity contribution >= 4 is 13.9 Å². The third-order valence-corrected chi connectivity index (χ3v) is 9.81. The Labute approximate surface area is 226 Å². The van der Waals surface area contributed by atoms with Crippen molar-refractivity contribution in [1.82, 2.24) is 4.90 Å². The Morgan fingerprint density at radius 1 is 0.919 bits per heavy atom. The molecule has 0 radical (unpaired) electrons. The van der Waals surface area contributed by atoms with Crippen molar-refractivity contribution in [2.75, 3.05) is 20.2 Å². The van der Waals surface area contributed by atoms with E-state index in [9.17, 15) is 0 Å². The van der Waals surface area contributed by atoms with Crippen LogP contribution in [-0.2, 0) is 18.3 Å². The molecule has 0 N–H and O–H groups in total. The van der Waals surface area contributed by atoms with E-state index in [4.69, 9.17) is 9.47 Å². The SMILES string of the molecule is CCCC(CC)(Pc1ccc(C)cc1CN1CCCCC1)c1cc(OC)ccc1OCc1ccccc1. The molecule has 2 unspecified atom stereocenters. The first kappa shape index (κ1) is 27.7. The van der Waals surface area contributed by atoms with E-state index in [2.05, 4.69) is 86.3 Å². The molecule has 3 aromatic rings. The van der Waals surface area contributed by atoms with Crippen LogP contribution in [0.1, 0.15) is 74.6 Å². The van der Waals surface area contributed by atoms with Gasteiger partial charge in [-0.05, 0) is 80.3 Å². The van der Waals surface area contributed by atoms with E-state index >= 15 is 0 Å². The molecule has 37 heavy (non-hydrogen) atoms. The van der Waals surface area contributed by atoms with Crippen LogP contribution in [0, 0.1) is 6.92 Å². The molecule has 2 atom stereocenters. The van der Waals surface area contributed by atoms with E-state index in [1.54, 1.807) is 7.11 Å². The predicted octanol–water partition coefficient (Wildman–Crippen LogP) is 7.98. The Bertz CT molecular complexity index is 1130. The van der Waals surface area contributed by atoms with Gasteiger partial charge in [0, 0.05) is 17.3 Å². The molecule has 1 aliphatic rings. The molecule has 0 amide bonds. The lowest BCUT2D eigenvalue weighted by Crippen LogP contribution is -2.31. The maximum atomic E-state index is 6.53. The Morgan fingerprint density at radius 3 is 2.41 bits per heavy atom. The second-order valence-corrected chi connectivity index (χ2v) is 12.2. The van der Waals surface area contributed by atoms with Crippen LogP contribution in [0.25, 0.3) is 0 Å². The normalized spacial score (nSPS) is 16.1. The van der Waals surface area contributed by atoms with Gasteiger partial charge in [-0.15, -0.1) is 0 Å². The summed E-state index contributed by atoms with van der Waals surface area (Å²) in [4.78, 5) is 2.65. The molecule has 0 spiro atoms. The van der Waals surface area contributed by atoms with Gasteiger partial charge in [0.15, 0.2) is 0 Å². The van der Waals surface area contributed by atoms with Crippen molar-refractivity contribution in [1.29, 1.82) is 0 Å². The molecule has 1 heterocycles. The average Bonchev–Trinajstić information content (AvgIpc) is 2.94. The van der Waals surface area contributed by atoms with Crippen LogP contribution in [-0.4, -0.2) is 25.1 Å². The summed E-state index contributed by atoms with van der Waals surface area (Å²) < 4.78 is 12.2. The number of hydrogen-bond donors (Lipinski definition) is 0. The number of aryl methyl sites for hydroxylation is 1. The summed E-state index contributed by atoms with van der Waals surface area (Å²) in [5.41, 5.74) is 5.33. The van der Waals surface area contributed by atoms with E-state index < -0.39 is 0 Å². The largest absolute Gasteiger partial charge is 0.497 e. The number of likely N-dealkylation sites (tertiary alicyclic amines) is 1. The van der Waals surface area contributed by atoms with Crippen LogP contribution >= 0.6 is 8.58 Å². The first-order valence-electron chi connectivity index (χ1n) is 14.0. The monoisotopic (exact) mass is 517 g/mol. The van der Waals surface area contributed by atoms with Gasteiger partial charge in [0.05, 0.1) is 7.11 Å². The van der Waals surface area contributed by atoms with E-state index in [0.717, 1.165) is 37.3 Å². The van der Waals surface area contributed by atoms with Crippen molar-refractivity contribution in [2.45, 2.75) is 77.6 Å². The summed E-state index contributed by atoms with van der Waals surface area (Å²) in [7, 11) is 2.43. The van der Waals surface area contributed by atoms with Crippen LogP contribution in [0.4, 0.5) is 0 Å². The summed E-state index contributed by atoms with van der Waals surface area (Å²) in [6.07, 6.45) is 7.33. The fraction of sp³-hybridized carbons (Fsp3) is 0.455. The van der Waals surface area contributed by atoms with E-state index in [1.165, 1.54) is 59.9 Å². The molecule has 0 aromatic heterocycles. The van der Waals surface area contributed by atoms with Crippen molar-refractivity contribution in [3.63, 3.8) is 0 Å². The van der Waals surface area contributed by atoms with Gasteiger partial charge in [-0.3, -0.25) is 4.90 Å². The number of piperidine rings is 1. The first-order valence-corrected chi connectivity index (χ1v) is 15.0. The minimum atomic E-state index is 0.00121. The maximum absolute atomic E-state index is 6.53. The average molecular weight is 518 g/mol. The van der Waals surface area contributed by atoms with Gasteiger partial charge in [0.2, 0.25) is 0 Å². The number of hydrogen-bond acceptors (Lipinski definition) is 3. The number of nitrogens with zero attached hydrogens (tertiary/aromatic N) is 1. The number of ether oxygens (including phenoxy) is 2. The quantitative estimate of drug-likeness (QED) is 0.227. The zero-order chi connectivity index (χ0) is 26.1. The Balaban J connectivity index is 1.70. The summed E-state index contributed by atoms with van der Waals surface area (Å²) >= 11 is 0. The first-order chi connectivity index (χ1) is 18.1. The van der Waals surface area contributed by atoms with Crippen molar-refractivity contribution in [3.05, 3.63) is 89.0 Å². The minimum Gasteiger partial charge on any atom is -0.497 e. The van der Waals surface area contributed by atoms with E-state index in [0.29, 0.717) is 15.2 Å². The molecule has 4 heteroatoms. The van der Waals surface area contributed by atoms with Gasteiger partial charge in [0.25, 0.3) is 0 Å². The molecule has 3 aromatic carbocycles. The van der Waals surface area contributed by atoms with Gasteiger partial charge in [0.1, 0.15) is 18.1 Å². The molecule has 0 saturated carbocycles. The maximum Gasteiger partial charge on any atom is 0.124 e. The molecular formula is C33H44NO2P. The zero-order valence-electron chi connectivity index (χ0n) is 23.2. The van der Waals surface area contributed by atoms with Gasteiger partial charge < -0.3 is 9.47 Å². The van der Waals surface area contributed by atoms with Crippen LogP contribution < -0.4 is 14.8 Å². The van der Waals surface area contributed by atoms with Gasteiger partial charge in [-0.2, -0.15) is 0 Å². The number of methoxy groups -OCH3 is 1. The molecule has 1 saturated heterocycles. The third-order valence-electron chi connectivity index (χ3n) is 7.70. The molecule has 1 aliphatic heterocycles. The van der Waals surface area contributed by atoms with Crippen molar-refractivity contribution < 1.29 is 9.47 Å². The van der Waals surface area contributed by atoms with Crippen LogP contribution in [0.15, 0.2) is 66.7 Å². The molecule has 0 aliphatic carbocycles. The van der Waals surface area contributed by atoms with Gasteiger partial charge in [-0.1, -0.05) is 89.4 Å². The molecular weight excluding hydrogens is 473 g/mol. The number of benzene rings is 3. The summed E-state index contributed by atoms with van der Waals surface area (Å²) in [6.45, 7) is 11.0. The minimum absolute atomic E-state index is 0.00121. The Kier molecular flexibility index (Phi) is 10.1. The molecule has 4 rings (SSSR count). The lowest BCUT2D eigenvalue weighted by molar-refractivity contribution is 0.221. The standard InChI is InChI=1S/C33H44NO2P/c1-5-19-33(6-2,37-32-18-15-26(3)22-28(32)24-34-20-11-8-12-21-34)30-23-29(35-4)16-17-31(30)36-25-27-13-9-7-10-14-27/h7,9-10,13-18,22-23,37H,5-6,8,11-12,19-21,24-25H2,1-4H3. The molecule has 0 bridgehead atoms. The highest BCUT2D eigenvalue weighted by Crippen LogP contribution is 2.52. The number of rotatable bonds is 12. The third kappa shape index (κ3) is 7.15. The van der Waals surface area contributed by atoms with Crippen LogP contribution in [0.3, 0.4) is 0 Å². The van der Waals surface area contributed by atoms with E-state index in [1.807, 2.05) is 6.07 Å². The highest BCUT2D eigenvalue weighted by atomic mass is 31.1. The lowest BCUT2D eigenvalue weighted by Gasteiger charge is -2.36. The Hall–Kier alpha value is -2.35. The fourth-order valence-electron chi connectivity index (χ4n) is 5.61. The second-order valence-electron chi connectivity index (χ2n) is 10.4. The smallest absolute Gasteiger partial charge is 0.124 e. The highest BCUT2D eigenvalue weighted by Gasteiger charge is 2.34. The van der Waals surface area contributed by atoms with Crippen molar-refractivity contribution in [2.24, 2.45) is 0 Å². The van der Waals surface area contributed by atoms with Crippen LogP contribution in [0.2, 0.25) is 0 Å². The molecule has 1 fully saturated rings.